The number of rotatable bonds is 7. The molecule has 1 aliphatic rings. The van der Waals surface area contributed by atoms with Gasteiger partial charge >= 0.3 is 0 Å². The lowest BCUT2D eigenvalue weighted by Crippen LogP contribution is -2.53. The molecule has 7 N–H and O–H groups in total. The third kappa shape index (κ3) is 5.27. The van der Waals surface area contributed by atoms with Crippen LogP contribution in [-0.2, 0) is 30.4 Å². The van der Waals surface area contributed by atoms with Crippen molar-refractivity contribution in [2.45, 2.75) is 21.1 Å². The van der Waals surface area contributed by atoms with E-state index in [1.165, 1.54) is 12.1 Å². The number of carbonyl (C=O) groups excluding carboxylic acids is 1. The van der Waals surface area contributed by atoms with Crippen LogP contribution in [0.5, 0.6) is 5.75 Å². The van der Waals surface area contributed by atoms with Gasteiger partial charge in [0.25, 0.3) is 30.4 Å². The molecule has 0 saturated heterocycles. The van der Waals surface area contributed by atoms with Crippen molar-refractivity contribution in [2.24, 2.45) is 11.5 Å². The Balaban J connectivity index is 2.21. The maximum Gasteiger partial charge on any atom is 0.298 e. The van der Waals surface area contributed by atoms with E-state index in [9.17, 15) is 39.2 Å². The minimum absolute atomic E-state index is 0.156. The topological polar surface area (TPSA) is 241 Å². The fourth-order valence-electron chi connectivity index (χ4n) is 3.23. The smallest absolute Gasteiger partial charge is 0.298 e. The summed E-state index contributed by atoms with van der Waals surface area (Å²) < 4.78 is 105. The Kier molecular flexibility index (Phi) is 6.68. The van der Waals surface area contributed by atoms with Crippen LogP contribution in [0.4, 0.5) is 0 Å². The van der Waals surface area contributed by atoms with Gasteiger partial charge in [-0.05, 0) is 24.3 Å². The molecule has 35 heavy (non-hydrogen) atoms. The second-order valence-electron chi connectivity index (χ2n) is 7.35. The molecule has 2 aromatic rings. The van der Waals surface area contributed by atoms with Gasteiger partial charge in [0, 0.05) is 17.6 Å². The Hall–Kier alpha value is -3.12. The number of carbonyl (C=O) groups is 1. The lowest BCUT2D eigenvalue weighted by Gasteiger charge is -2.33. The number of Topliss-reactive ketones (excluding diaryl/α,β-unsaturated/α-hetero) is 1. The van der Waals surface area contributed by atoms with Gasteiger partial charge in [-0.1, -0.05) is 30.3 Å². The molecule has 2 aromatic carbocycles. The standard InChI is InChI=1S/C19H18N2O11S3/c20-14-8-12(17(22)11-4-2-1-3-5-11)10-19(21,35(29,30)31)18(14)32-15-7-6-13(33(23,24)25)9-16(15)34(26,27)28/h1-9H,10,20-21H2,(H,23,24,25)(H,26,27,28)(H,29,30,31). The van der Waals surface area contributed by atoms with E-state index in [1.54, 1.807) is 18.2 Å². The quantitative estimate of drug-likeness (QED) is 0.235. The minimum atomic E-state index is -5.28. The Morgan fingerprint density at radius 3 is 2.03 bits per heavy atom. The molecule has 13 nitrogen and oxygen atoms in total. The molecule has 1 atom stereocenters. The summed E-state index contributed by atoms with van der Waals surface area (Å²) in [5, 5.41) is 0. The Morgan fingerprint density at radius 1 is 0.914 bits per heavy atom. The van der Waals surface area contributed by atoms with E-state index in [0.29, 0.717) is 18.2 Å². The fraction of sp³-hybridized carbons (Fsp3) is 0.105. The molecule has 1 unspecified atom stereocenters. The van der Waals surface area contributed by atoms with Crippen LogP contribution in [0.1, 0.15) is 16.8 Å². The average molecular weight is 547 g/mol. The normalized spacial score (nSPS) is 19.3. The van der Waals surface area contributed by atoms with Crippen LogP contribution >= 0.6 is 0 Å². The van der Waals surface area contributed by atoms with Gasteiger partial charge in [-0.2, -0.15) is 25.3 Å². The molecule has 0 spiro atoms. The molecule has 0 bridgehead atoms. The summed E-state index contributed by atoms with van der Waals surface area (Å²) in [7, 11) is -15.4. The number of hydrogen-bond donors (Lipinski definition) is 5. The SMILES string of the molecule is NC1=C(Oc2ccc(S(=O)(=O)O)cc2S(=O)(=O)O)C(N)(S(=O)(=O)O)CC(C(=O)c2ccccc2)=C1. The van der Waals surface area contributed by atoms with Gasteiger partial charge < -0.3 is 16.2 Å². The number of ether oxygens (including phenoxy) is 1. The van der Waals surface area contributed by atoms with Crippen LogP contribution in [0.3, 0.4) is 0 Å². The molecule has 0 saturated carbocycles. The first-order valence-electron chi connectivity index (χ1n) is 9.28. The van der Waals surface area contributed by atoms with Crippen molar-refractivity contribution >= 4 is 36.1 Å². The van der Waals surface area contributed by atoms with Crippen molar-refractivity contribution < 1.29 is 48.4 Å². The summed E-state index contributed by atoms with van der Waals surface area (Å²) in [5.74, 6) is -2.42. The molecule has 0 radical (unpaired) electrons. The van der Waals surface area contributed by atoms with Crippen molar-refractivity contribution in [2.75, 3.05) is 0 Å². The molecule has 0 aromatic heterocycles. The fourth-order valence-corrected chi connectivity index (χ4v) is 5.18. The van der Waals surface area contributed by atoms with Gasteiger partial charge in [-0.3, -0.25) is 18.5 Å². The van der Waals surface area contributed by atoms with Crippen LogP contribution in [-0.4, -0.2) is 49.6 Å². The monoisotopic (exact) mass is 546 g/mol. The van der Waals surface area contributed by atoms with Gasteiger partial charge in [-0.25, -0.2) is 0 Å². The maximum absolute atomic E-state index is 12.8. The van der Waals surface area contributed by atoms with Gasteiger partial charge in [0.1, 0.15) is 10.6 Å². The number of ketones is 1. The number of benzene rings is 2. The Morgan fingerprint density at radius 2 is 1.51 bits per heavy atom. The summed E-state index contributed by atoms with van der Waals surface area (Å²) in [6, 6.07) is 9.32. The third-order valence-corrected chi connectivity index (χ3v) is 7.90. The largest absolute Gasteiger partial charge is 0.455 e. The van der Waals surface area contributed by atoms with Gasteiger partial charge in [0.05, 0.1) is 10.6 Å². The number of allylic oxidation sites excluding steroid dienone is 1. The zero-order chi connectivity index (χ0) is 26.4. The average Bonchev–Trinajstić information content (AvgIpc) is 2.74. The summed E-state index contributed by atoms with van der Waals surface area (Å²) in [4.78, 5) is 7.81. The highest BCUT2D eigenvalue weighted by atomic mass is 32.2. The molecule has 3 rings (SSSR count). The van der Waals surface area contributed by atoms with Crippen molar-refractivity contribution in [1.29, 1.82) is 0 Å². The second kappa shape index (κ2) is 8.83. The van der Waals surface area contributed by atoms with Crippen molar-refractivity contribution in [3.8, 4) is 5.75 Å². The molecule has 0 amide bonds. The predicted molar refractivity (Wildman–Crippen MR) is 120 cm³/mol. The first-order valence-corrected chi connectivity index (χ1v) is 13.6. The summed E-state index contributed by atoms with van der Waals surface area (Å²) in [6.45, 7) is 0. The molecule has 0 fully saturated rings. The molecule has 188 valence electrons. The van der Waals surface area contributed by atoms with Crippen LogP contribution in [0, 0.1) is 0 Å². The zero-order valence-electron chi connectivity index (χ0n) is 17.4. The van der Waals surface area contributed by atoms with E-state index in [1.807, 2.05) is 0 Å². The van der Waals surface area contributed by atoms with Crippen molar-refractivity contribution in [3.05, 3.63) is 77.2 Å². The molecular weight excluding hydrogens is 528 g/mol. The van der Waals surface area contributed by atoms with E-state index in [2.05, 4.69) is 0 Å². The van der Waals surface area contributed by atoms with Crippen molar-refractivity contribution in [1.82, 2.24) is 0 Å². The van der Waals surface area contributed by atoms with Gasteiger partial charge in [0.15, 0.2) is 11.5 Å². The highest BCUT2D eigenvalue weighted by Gasteiger charge is 2.50. The highest BCUT2D eigenvalue weighted by Crippen LogP contribution is 2.38. The maximum atomic E-state index is 12.8. The van der Waals surface area contributed by atoms with E-state index < -0.39 is 74.4 Å². The van der Waals surface area contributed by atoms with E-state index in [4.69, 9.17) is 20.8 Å². The third-order valence-electron chi connectivity index (χ3n) is 4.92. The van der Waals surface area contributed by atoms with Crippen LogP contribution in [0.15, 0.2) is 81.4 Å². The summed E-state index contributed by atoms with van der Waals surface area (Å²) in [6.07, 6.45) is 0.167. The van der Waals surface area contributed by atoms with E-state index >= 15 is 0 Å². The Bertz CT molecular complexity index is 1590. The second-order valence-corrected chi connectivity index (χ2v) is 11.8. The van der Waals surface area contributed by atoms with E-state index in [0.717, 1.165) is 6.08 Å². The van der Waals surface area contributed by atoms with E-state index in [-0.39, 0.29) is 11.1 Å². The van der Waals surface area contributed by atoms with Gasteiger partial charge in [0.2, 0.25) is 4.87 Å². The van der Waals surface area contributed by atoms with Crippen LogP contribution in [0.2, 0.25) is 0 Å². The zero-order valence-corrected chi connectivity index (χ0v) is 19.8. The lowest BCUT2D eigenvalue weighted by molar-refractivity contribution is 0.102. The predicted octanol–water partition coefficient (Wildman–Crippen LogP) is 0.485. The van der Waals surface area contributed by atoms with Crippen LogP contribution in [0.25, 0.3) is 0 Å². The molecule has 16 heteroatoms. The van der Waals surface area contributed by atoms with Gasteiger partial charge in [-0.15, -0.1) is 0 Å². The number of nitrogens with two attached hydrogens (primary N) is 2. The van der Waals surface area contributed by atoms with Crippen molar-refractivity contribution in [3.63, 3.8) is 0 Å². The molecule has 1 aliphatic carbocycles. The molecule has 0 aliphatic heterocycles. The summed E-state index contributed by atoms with van der Waals surface area (Å²) >= 11 is 0. The Labute approximate surface area is 199 Å². The first kappa shape index (κ1) is 26.5. The first-order chi connectivity index (χ1) is 15.9. The van der Waals surface area contributed by atoms with Crippen LogP contribution < -0.4 is 16.2 Å². The molecular formula is C19H18N2O11S3. The lowest BCUT2D eigenvalue weighted by atomic mass is 9.91. The number of hydrogen-bond acceptors (Lipinski definition) is 10. The minimum Gasteiger partial charge on any atom is -0.455 e. The highest BCUT2D eigenvalue weighted by molar-refractivity contribution is 7.87. The summed E-state index contributed by atoms with van der Waals surface area (Å²) in [5.41, 5.74) is 11.2. The molecule has 0 heterocycles.